The highest BCUT2D eigenvalue weighted by Gasteiger charge is 2.03. The van der Waals surface area contributed by atoms with Gasteiger partial charge >= 0.3 is 0 Å². The summed E-state index contributed by atoms with van der Waals surface area (Å²) in [5.41, 5.74) is 4.20. The molecule has 0 atom stereocenters. The van der Waals surface area contributed by atoms with Crippen molar-refractivity contribution in [1.82, 2.24) is 10.4 Å². The van der Waals surface area contributed by atoms with Gasteiger partial charge in [-0.15, -0.1) is 0 Å². The van der Waals surface area contributed by atoms with E-state index >= 15 is 0 Å². The third-order valence-electron chi connectivity index (χ3n) is 2.02. The third kappa shape index (κ3) is 4.21. The second-order valence-corrected chi connectivity index (χ2v) is 4.07. The van der Waals surface area contributed by atoms with Crippen LogP contribution in [0.1, 0.15) is 32.8 Å². The lowest BCUT2D eigenvalue weighted by Crippen LogP contribution is -2.20. The van der Waals surface area contributed by atoms with Crippen LogP contribution < -0.4 is 5.43 Å². The van der Waals surface area contributed by atoms with Crippen molar-refractivity contribution >= 4 is 11.6 Å². The summed E-state index contributed by atoms with van der Waals surface area (Å²) in [6.07, 6.45) is 3.91. The second kappa shape index (κ2) is 6.00. The SMILES string of the molecule is CC(=NNC(=O)CC(C)C)c1cccnc1. The molecule has 0 saturated carbocycles. The maximum absolute atomic E-state index is 11.4. The average molecular weight is 219 g/mol. The fraction of sp³-hybridized carbons (Fsp3) is 0.417. The predicted molar refractivity (Wildman–Crippen MR) is 64.0 cm³/mol. The van der Waals surface area contributed by atoms with Gasteiger partial charge in [-0.3, -0.25) is 9.78 Å². The van der Waals surface area contributed by atoms with Crippen molar-refractivity contribution in [3.05, 3.63) is 30.1 Å². The van der Waals surface area contributed by atoms with Gasteiger partial charge in [-0.1, -0.05) is 19.9 Å². The first-order valence-electron chi connectivity index (χ1n) is 5.33. The van der Waals surface area contributed by atoms with E-state index in [0.29, 0.717) is 12.3 Å². The number of aromatic nitrogens is 1. The fourth-order valence-corrected chi connectivity index (χ4v) is 1.20. The first-order valence-corrected chi connectivity index (χ1v) is 5.33. The van der Waals surface area contributed by atoms with Gasteiger partial charge in [0, 0.05) is 24.4 Å². The van der Waals surface area contributed by atoms with E-state index in [2.05, 4.69) is 15.5 Å². The summed E-state index contributed by atoms with van der Waals surface area (Å²) in [6.45, 7) is 5.83. The minimum atomic E-state index is -0.0572. The van der Waals surface area contributed by atoms with E-state index in [4.69, 9.17) is 0 Å². The monoisotopic (exact) mass is 219 g/mol. The number of hydrogen-bond acceptors (Lipinski definition) is 3. The maximum Gasteiger partial charge on any atom is 0.240 e. The molecule has 0 bridgehead atoms. The number of amides is 1. The summed E-state index contributed by atoms with van der Waals surface area (Å²) in [7, 11) is 0. The van der Waals surface area contributed by atoms with Crippen LogP contribution in [-0.4, -0.2) is 16.6 Å². The molecule has 86 valence electrons. The zero-order valence-electron chi connectivity index (χ0n) is 9.90. The molecule has 0 aromatic carbocycles. The van der Waals surface area contributed by atoms with Crippen molar-refractivity contribution in [3.63, 3.8) is 0 Å². The Hall–Kier alpha value is -1.71. The van der Waals surface area contributed by atoms with E-state index < -0.39 is 0 Å². The number of carbonyl (C=O) groups excluding carboxylic acids is 1. The molecule has 0 aliphatic heterocycles. The molecule has 1 rings (SSSR count). The normalized spacial score (nSPS) is 11.6. The van der Waals surface area contributed by atoms with Crippen LogP contribution in [0.15, 0.2) is 29.6 Å². The van der Waals surface area contributed by atoms with E-state index in [1.165, 1.54) is 0 Å². The van der Waals surface area contributed by atoms with Crippen molar-refractivity contribution in [2.24, 2.45) is 11.0 Å². The second-order valence-electron chi connectivity index (χ2n) is 4.07. The lowest BCUT2D eigenvalue weighted by molar-refractivity contribution is -0.121. The quantitative estimate of drug-likeness (QED) is 0.621. The van der Waals surface area contributed by atoms with E-state index in [0.717, 1.165) is 11.3 Å². The zero-order chi connectivity index (χ0) is 12.0. The van der Waals surface area contributed by atoms with E-state index in [9.17, 15) is 4.79 Å². The Bertz CT molecular complexity index is 371. The summed E-state index contributed by atoms with van der Waals surface area (Å²) in [6, 6.07) is 3.74. The van der Waals surface area contributed by atoms with E-state index in [1.54, 1.807) is 12.4 Å². The summed E-state index contributed by atoms with van der Waals surface area (Å²) in [4.78, 5) is 15.3. The van der Waals surface area contributed by atoms with Gasteiger partial charge in [-0.2, -0.15) is 5.10 Å². The van der Waals surface area contributed by atoms with Crippen LogP contribution in [0, 0.1) is 5.92 Å². The summed E-state index contributed by atoms with van der Waals surface area (Å²) in [5, 5.41) is 4.02. The average Bonchev–Trinajstić information content (AvgIpc) is 2.26. The van der Waals surface area contributed by atoms with Gasteiger partial charge in [0.05, 0.1) is 5.71 Å². The van der Waals surface area contributed by atoms with Crippen LogP contribution in [0.4, 0.5) is 0 Å². The molecule has 1 heterocycles. The lowest BCUT2D eigenvalue weighted by atomic mass is 10.1. The standard InChI is InChI=1S/C12H17N3O/c1-9(2)7-12(16)15-14-10(3)11-5-4-6-13-8-11/h4-6,8-9H,7H2,1-3H3,(H,15,16). The molecule has 1 N–H and O–H groups in total. The Balaban J connectivity index is 2.55. The molecule has 0 saturated heterocycles. The van der Waals surface area contributed by atoms with Crippen LogP contribution in [0.3, 0.4) is 0 Å². The van der Waals surface area contributed by atoms with Gasteiger partial charge in [0.25, 0.3) is 0 Å². The molecule has 0 spiro atoms. The van der Waals surface area contributed by atoms with Crippen molar-refractivity contribution in [2.45, 2.75) is 27.2 Å². The largest absolute Gasteiger partial charge is 0.273 e. The molecule has 1 amide bonds. The Morgan fingerprint density at radius 3 is 2.88 bits per heavy atom. The first-order chi connectivity index (χ1) is 7.59. The molecular formula is C12H17N3O. The van der Waals surface area contributed by atoms with Gasteiger partial charge in [0.2, 0.25) is 5.91 Å². The van der Waals surface area contributed by atoms with Crippen molar-refractivity contribution < 1.29 is 4.79 Å². The number of hydrazone groups is 1. The van der Waals surface area contributed by atoms with Crippen LogP contribution >= 0.6 is 0 Å². The minimum absolute atomic E-state index is 0.0572. The van der Waals surface area contributed by atoms with Crippen LogP contribution in [0.2, 0.25) is 0 Å². The predicted octanol–water partition coefficient (Wildman–Crippen LogP) is 1.97. The summed E-state index contributed by atoms with van der Waals surface area (Å²) in [5.74, 6) is 0.284. The number of pyridine rings is 1. The van der Waals surface area contributed by atoms with Gasteiger partial charge in [0.15, 0.2) is 0 Å². The topological polar surface area (TPSA) is 54.4 Å². The fourth-order valence-electron chi connectivity index (χ4n) is 1.20. The molecule has 16 heavy (non-hydrogen) atoms. The molecule has 4 heteroatoms. The van der Waals surface area contributed by atoms with Gasteiger partial charge < -0.3 is 0 Å². The Morgan fingerprint density at radius 2 is 2.31 bits per heavy atom. The number of carbonyl (C=O) groups is 1. The highest BCUT2D eigenvalue weighted by Crippen LogP contribution is 2.00. The third-order valence-corrected chi connectivity index (χ3v) is 2.02. The van der Waals surface area contributed by atoms with Crippen LogP contribution in [-0.2, 0) is 4.79 Å². The van der Waals surface area contributed by atoms with Crippen LogP contribution in [0.5, 0.6) is 0 Å². The number of nitrogens with zero attached hydrogens (tertiary/aromatic N) is 2. The molecular weight excluding hydrogens is 202 g/mol. The van der Waals surface area contributed by atoms with Crippen LogP contribution in [0.25, 0.3) is 0 Å². The molecule has 4 nitrogen and oxygen atoms in total. The Kier molecular flexibility index (Phi) is 4.64. The number of hydrogen-bond donors (Lipinski definition) is 1. The molecule has 0 unspecified atom stereocenters. The highest BCUT2D eigenvalue weighted by molar-refractivity contribution is 5.98. The number of nitrogens with one attached hydrogen (secondary N) is 1. The molecule has 0 fully saturated rings. The smallest absolute Gasteiger partial charge is 0.240 e. The Labute approximate surface area is 95.8 Å². The van der Waals surface area contributed by atoms with Gasteiger partial charge in [-0.25, -0.2) is 5.43 Å². The van der Waals surface area contributed by atoms with Gasteiger partial charge in [0.1, 0.15) is 0 Å². The summed E-state index contributed by atoms with van der Waals surface area (Å²) >= 11 is 0. The van der Waals surface area contributed by atoms with Crippen molar-refractivity contribution in [1.29, 1.82) is 0 Å². The van der Waals surface area contributed by atoms with E-state index in [-0.39, 0.29) is 5.91 Å². The highest BCUT2D eigenvalue weighted by atomic mass is 16.2. The Morgan fingerprint density at radius 1 is 1.56 bits per heavy atom. The minimum Gasteiger partial charge on any atom is -0.273 e. The maximum atomic E-state index is 11.4. The molecule has 0 radical (unpaired) electrons. The molecule has 0 aliphatic carbocycles. The first kappa shape index (κ1) is 12.4. The van der Waals surface area contributed by atoms with Crippen molar-refractivity contribution in [2.75, 3.05) is 0 Å². The lowest BCUT2D eigenvalue weighted by Gasteiger charge is -2.04. The molecule has 1 aromatic heterocycles. The van der Waals surface area contributed by atoms with E-state index in [1.807, 2.05) is 32.9 Å². The molecule has 1 aromatic rings. The number of rotatable bonds is 4. The van der Waals surface area contributed by atoms with Crippen molar-refractivity contribution in [3.8, 4) is 0 Å². The zero-order valence-corrected chi connectivity index (χ0v) is 9.90. The van der Waals surface area contributed by atoms with Gasteiger partial charge in [-0.05, 0) is 18.9 Å². The summed E-state index contributed by atoms with van der Waals surface area (Å²) < 4.78 is 0. The molecule has 0 aliphatic rings.